The number of aromatic nitrogens is 3. The van der Waals surface area contributed by atoms with Gasteiger partial charge in [0.1, 0.15) is 11.6 Å². The first-order valence-electron chi connectivity index (χ1n) is 5.07. The smallest absolute Gasteiger partial charge is 0.375 e. The van der Waals surface area contributed by atoms with Crippen molar-refractivity contribution in [3.05, 3.63) is 41.7 Å². The SMILES string of the molecule is CCc1nc(C(=O)O)nn1-c1cccc(F)c1. The lowest BCUT2D eigenvalue weighted by Crippen LogP contribution is -2.03. The Morgan fingerprint density at radius 3 is 2.88 bits per heavy atom. The van der Waals surface area contributed by atoms with E-state index < -0.39 is 11.8 Å². The van der Waals surface area contributed by atoms with Gasteiger partial charge in [-0.15, -0.1) is 5.10 Å². The zero-order chi connectivity index (χ0) is 12.4. The molecule has 17 heavy (non-hydrogen) atoms. The number of carboxylic acids is 1. The van der Waals surface area contributed by atoms with Crippen LogP contribution in [0.25, 0.3) is 5.69 Å². The molecule has 88 valence electrons. The van der Waals surface area contributed by atoms with E-state index in [1.165, 1.54) is 22.9 Å². The first kappa shape index (κ1) is 11.3. The molecule has 6 heteroatoms. The number of rotatable bonds is 3. The molecule has 0 bridgehead atoms. The second-order valence-corrected chi connectivity index (χ2v) is 3.40. The molecule has 0 fully saturated rings. The van der Waals surface area contributed by atoms with Crippen molar-refractivity contribution in [1.29, 1.82) is 0 Å². The van der Waals surface area contributed by atoms with Crippen LogP contribution in [0.3, 0.4) is 0 Å². The number of aryl methyl sites for hydroxylation is 1. The van der Waals surface area contributed by atoms with Crippen molar-refractivity contribution in [2.75, 3.05) is 0 Å². The first-order valence-corrected chi connectivity index (χ1v) is 5.07. The van der Waals surface area contributed by atoms with Gasteiger partial charge < -0.3 is 5.11 Å². The van der Waals surface area contributed by atoms with Gasteiger partial charge in [0.05, 0.1) is 5.69 Å². The average molecular weight is 235 g/mol. The molecule has 0 aliphatic rings. The maximum Gasteiger partial charge on any atom is 0.375 e. The summed E-state index contributed by atoms with van der Waals surface area (Å²) in [5.41, 5.74) is 0.460. The maximum absolute atomic E-state index is 13.1. The third-order valence-corrected chi connectivity index (χ3v) is 2.23. The highest BCUT2D eigenvalue weighted by Gasteiger charge is 2.15. The van der Waals surface area contributed by atoms with Crippen LogP contribution in [-0.2, 0) is 6.42 Å². The number of aromatic carboxylic acids is 1. The van der Waals surface area contributed by atoms with E-state index in [1.54, 1.807) is 6.07 Å². The predicted octanol–water partition coefficient (Wildman–Crippen LogP) is 1.67. The highest BCUT2D eigenvalue weighted by Crippen LogP contribution is 2.12. The molecule has 0 atom stereocenters. The molecular weight excluding hydrogens is 225 g/mol. The third-order valence-electron chi connectivity index (χ3n) is 2.23. The molecule has 0 saturated carbocycles. The lowest BCUT2D eigenvalue weighted by molar-refractivity contribution is 0.0683. The molecule has 1 N–H and O–H groups in total. The molecule has 0 unspecified atom stereocenters. The van der Waals surface area contributed by atoms with E-state index in [-0.39, 0.29) is 5.82 Å². The second kappa shape index (κ2) is 4.32. The number of hydrogen-bond acceptors (Lipinski definition) is 3. The lowest BCUT2D eigenvalue weighted by Gasteiger charge is -2.03. The summed E-state index contributed by atoms with van der Waals surface area (Å²) in [6, 6.07) is 5.76. The highest BCUT2D eigenvalue weighted by molar-refractivity contribution is 5.83. The minimum Gasteiger partial charge on any atom is -0.475 e. The molecular formula is C11H10FN3O2. The fourth-order valence-corrected chi connectivity index (χ4v) is 1.48. The van der Waals surface area contributed by atoms with E-state index in [0.717, 1.165) is 0 Å². The van der Waals surface area contributed by atoms with Crippen LogP contribution >= 0.6 is 0 Å². The zero-order valence-electron chi connectivity index (χ0n) is 9.09. The van der Waals surface area contributed by atoms with E-state index >= 15 is 0 Å². The zero-order valence-corrected chi connectivity index (χ0v) is 9.09. The Morgan fingerprint density at radius 1 is 1.53 bits per heavy atom. The summed E-state index contributed by atoms with van der Waals surface area (Å²) in [4.78, 5) is 14.6. The van der Waals surface area contributed by atoms with Gasteiger partial charge >= 0.3 is 5.97 Å². The van der Waals surface area contributed by atoms with Crippen molar-refractivity contribution in [3.8, 4) is 5.69 Å². The normalized spacial score (nSPS) is 10.5. The summed E-state index contributed by atoms with van der Waals surface area (Å²) < 4.78 is 14.4. The van der Waals surface area contributed by atoms with Crippen LogP contribution in [0.1, 0.15) is 23.4 Å². The summed E-state index contributed by atoms with van der Waals surface area (Å²) in [6.07, 6.45) is 0.511. The largest absolute Gasteiger partial charge is 0.475 e. The standard InChI is InChI=1S/C11H10FN3O2/c1-2-9-13-10(11(16)17)14-15(9)8-5-3-4-7(12)6-8/h3-6H,2H2,1H3,(H,16,17). The van der Waals surface area contributed by atoms with Crippen molar-refractivity contribution < 1.29 is 14.3 Å². The number of halogens is 1. The van der Waals surface area contributed by atoms with Crippen LogP contribution in [-0.4, -0.2) is 25.8 Å². The van der Waals surface area contributed by atoms with Gasteiger partial charge in [0.2, 0.25) is 0 Å². The van der Waals surface area contributed by atoms with Gasteiger partial charge in [0, 0.05) is 6.42 Å². The fourth-order valence-electron chi connectivity index (χ4n) is 1.48. The van der Waals surface area contributed by atoms with Gasteiger partial charge in [-0.1, -0.05) is 13.0 Å². The summed E-state index contributed by atoms with van der Waals surface area (Å²) >= 11 is 0. The Kier molecular flexibility index (Phi) is 2.86. The summed E-state index contributed by atoms with van der Waals surface area (Å²) in [5, 5.41) is 12.6. The van der Waals surface area contributed by atoms with Crippen LogP contribution in [0.4, 0.5) is 4.39 Å². The van der Waals surface area contributed by atoms with Crippen molar-refractivity contribution >= 4 is 5.97 Å². The average Bonchev–Trinajstić information content (AvgIpc) is 2.73. The molecule has 1 aromatic carbocycles. The monoisotopic (exact) mass is 235 g/mol. The van der Waals surface area contributed by atoms with Gasteiger partial charge in [0.15, 0.2) is 0 Å². The molecule has 0 aliphatic carbocycles. The minimum absolute atomic E-state index is 0.286. The molecule has 5 nitrogen and oxygen atoms in total. The molecule has 0 radical (unpaired) electrons. The number of benzene rings is 1. The van der Waals surface area contributed by atoms with E-state index in [2.05, 4.69) is 10.1 Å². The molecule has 0 amide bonds. The Labute approximate surface area is 96.5 Å². The Balaban J connectivity index is 2.54. The summed E-state index contributed by atoms with van der Waals surface area (Å²) in [6.45, 7) is 1.82. The van der Waals surface area contributed by atoms with Crippen molar-refractivity contribution in [2.45, 2.75) is 13.3 Å². The van der Waals surface area contributed by atoms with E-state index in [1.807, 2.05) is 6.92 Å². The van der Waals surface area contributed by atoms with E-state index in [9.17, 15) is 9.18 Å². The van der Waals surface area contributed by atoms with Gasteiger partial charge in [-0.2, -0.15) is 0 Å². The van der Waals surface area contributed by atoms with Crippen LogP contribution in [0.5, 0.6) is 0 Å². The summed E-state index contributed by atoms with van der Waals surface area (Å²) in [5.74, 6) is -1.41. The van der Waals surface area contributed by atoms with Crippen molar-refractivity contribution in [1.82, 2.24) is 14.8 Å². The predicted molar refractivity (Wildman–Crippen MR) is 57.7 cm³/mol. The highest BCUT2D eigenvalue weighted by atomic mass is 19.1. The van der Waals surface area contributed by atoms with Gasteiger partial charge in [0.25, 0.3) is 5.82 Å². The van der Waals surface area contributed by atoms with Crippen LogP contribution in [0.15, 0.2) is 24.3 Å². The second-order valence-electron chi connectivity index (χ2n) is 3.40. The molecule has 2 aromatic rings. The maximum atomic E-state index is 13.1. The molecule has 1 heterocycles. The third kappa shape index (κ3) is 2.15. The van der Waals surface area contributed by atoms with E-state index in [0.29, 0.717) is 17.9 Å². The Hall–Kier alpha value is -2.24. The van der Waals surface area contributed by atoms with Gasteiger partial charge in [-0.3, -0.25) is 0 Å². The molecule has 1 aromatic heterocycles. The topological polar surface area (TPSA) is 68.0 Å². The molecule has 2 rings (SSSR count). The van der Waals surface area contributed by atoms with Crippen molar-refractivity contribution in [3.63, 3.8) is 0 Å². The number of carbonyl (C=O) groups is 1. The number of hydrogen-bond donors (Lipinski definition) is 1. The molecule has 0 spiro atoms. The molecule has 0 saturated heterocycles. The Bertz CT molecular complexity index is 566. The van der Waals surface area contributed by atoms with Crippen LogP contribution < -0.4 is 0 Å². The summed E-state index contributed by atoms with van der Waals surface area (Å²) in [7, 11) is 0. The quantitative estimate of drug-likeness (QED) is 0.878. The minimum atomic E-state index is -1.20. The van der Waals surface area contributed by atoms with Gasteiger partial charge in [-0.05, 0) is 18.2 Å². The van der Waals surface area contributed by atoms with E-state index in [4.69, 9.17) is 5.11 Å². The van der Waals surface area contributed by atoms with Crippen LogP contribution in [0.2, 0.25) is 0 Å². The fraction of sp³-hybridized carbons (Fsp3) is 0.182. The van der Waals surface area contributed by atoms with Crippen LogP contribution in [0, 0.1) is 5.82 Å². The lowest BCUT2D eigenvalue weighted by atomic mass is 10.3. The van der Waals surface area contributed by atoms with Crippen molar-refractivity contribution in [2.24, 2.45) is 0 Å². The number of nitrogens with zero attached hydrogens (tertiary/aromatic N) is 3. The molecule has 0 aliphatic heterocycles. The van der Waals surface area contributed by atoms with Gasteiger partial charge in [-0.25, -0.2) is 18.9 Å². The Morgan fingerprint density at radius 2 is 2.29 bits per heavy atom. The number of carboxylic acid groups (broad SMARTS) is 1. The first-order chi connectivity index (χ1) is 8.11.